The Morgan fingerprint density at radius 3 is 2.39 bits per heavy atom. The number of amides is 2. The van der Waals surface area contributed by atoms with Crippen LogP contribution < -0.4 is 5.32 Å². The predicted molar refractivity (Wildman–Crippen MR) is 85.3 cm³/mol. The molecule has 1 aromatic carbocycles. The molecule has 5 heteroatoms. The van der Waals surface area contributed by atoms with Gasteiger partial charge in [0, 0.05) is 13.1 Å². The summed E-state index contributed by atoms with van der Waals surface area (Å²) in [4.78, 5) is 26.5. The standard InChI is InChI=1S/C18H23FN2O2/c1-21(12-16(22)20-15-8-9-15)17(23)18(10-2-3-11-18)13-4-6-14(19)7-5-13/h4-7,15H,2-3,8-12H2,1H3,(H,20,22). The van der Waals surface area contributed by atoms with Crippen LogP contribution in [0.4, 0.5) is 4.39 Å². The molecule has 3 rings (SSSR count). The van der Waals surface area contributed by atoms with Crippen LogP contribution in [0.25, 0.3) is 0 Å². The van der Waals surface area contributed by atoms with Gasteiger partial charge < -0.3 is 10.2 Å². The van der Waals surface area contributed by atoms with E-state index < -0.39 is 5.41 Å². The van der Waals surface area contributed by atoms with E-state index in [2.05, 4.69) is 5.32 Å². The van der Waals surface area contributed by atoms with Crippen LogP contribution in [-0.2, 0) is 15.0 Å². The van der Waals surface area contributed by atoms with Crippen LogP contribution in [0.2, 0.25) is 0 Å². The third-order valence-electron chi connectivity index (χ3n) is 4.93. The summed E-state index contributed by atoms with van der Waals surface area (Å²) in [5.74, 6) is -0.435. The predicted octanol–water partition coefficient (Wildman–Crippen LogP) is 2.37. The number of likely N-dealkylation sites (N-methyl/N-ethyl adjacent to an activating group) is 1. The number of carbonyl (C=O) groups excluding carboxylic acids is 2. The van der Waals surface area contributed by atoms with Crippen LogP contribution in [0.15, 0.2) is 24.3 Å². The highest BCUT2D eigenvalue weighted by molar-refractivity contribution is 5.91. The van der Waals surface area contributed by atoms with Crippen molar-refractivity contribution in [3.8, 4) is 0 Å². The second-order valence-electron chi connectivity index (χ2n) is 6.80. The minimum absolute atomic E-state index is 0.0347. The van der Waals surface area contributed by atoms with Crippen molar-refractivity contribution in [1.29, 1.82) is 0 Å². The van der Waals surface area contributed by atoms with Crippen molar-refractivity contribution in [3.05, 3.63) is 35.6 Å². The zero-order valence-corrected chi connectivity index (χ0v) is 13.5. The smallest absolute Gasteiger partial charge is 0.239 e. The minimum atomic E-state index is -0.609. The van der Waals surface area contributed by atoms with Crippen molar-refractivity contribution >= 4 is 11.8 Å². The lowest BCUT2D eigenvalue weighted by molar-refractivity contribution is -0.139. The van der Waals surface area contributed by atoms with Gasteiger partial charge >= 0.3 is 0 Å². The summed E-state index contributed by atoms with van der Waals surface area (Å²) in [6.07, 6.45) is 5.53. The number of halogens is 1. The van der Waals surface area contributed by atoms with Gasteiger partial charge in [0.15, 0.2) is 0 Å². The summed E-state index contributed by atoms with van der Waals surface area (Å²) in [7, 11) is 1.68. The van der Waals surface area contributed by atoms with Gasteiger partial charge in [-0.05, 0) is 43.4 Å². The van der Waals surface area contributed by atoms with E-state index in [-0.39, 0.29) is 24.2 Å². The van der Waals surface area contributed by atoms with Crippen LogP contribution >= 0.6 is 0 Å². The topological polar surface area (TPSA) is 49.4 Å². The van der Waals surface area contributed by atoms with Crippen molar-refractivity contribution in [1.82, 2.24) is 10.2 Å². The Kier molecular flexibility index (Phi) is 4.37. The molecule has 124 valence electrons. The molecule has 2 saturated carbocycles. The van der Waals surface area contributed by atoms with Crippen molar-refractivity contribution in [2.75, 3.05) is 13.6 Å². The molecule has 2 amide bonds. The minimum Gasteiger partial charge on any atom is -0.352 e. The third-order valence-corrected chi connectivity index (χ3v) is 4.93. The molecular weight excluding hydrogens is 295 g/mol. The number of carbonyl (C=O) groups is 2. The normalized spacial score (nSPS) is 19.4. The first-order valence-electron chi connectivity index (χ1n) is 8.32. The second kappa shape index (κ2) is 6.30. The molecule has 0 unspecified atom stereocenters. The number of nitrogens with one attached hydrogen (secondary N) is 1. The molecule has 4 nitrogen and oxygen atoms in total. The van der Waals surface area contributed by atoms with E-state index in [9.17, 15) is 14.0 Å². The summed E-state index contributed by atoms with van der Waals surface area (Å²) in [5.41, 5.74) is 0.248. The Balaban J connectivity index is 1.75. The summed E-state index contributed by atoms with van der Waals surface area (Å²) >= 11 is 0. The molecule has 1 N–H and O–H groups in total. The molecule has 0 heterocycles. The monoisotopic (exact) mass is 318 g/mol. The molecule has 0 radical (unpaired) electrons. The van der Waals surface area contributed by atoms with E-state index in [1.807, 2.05) is 0 Å². The Labute approximate surface area is 136 Å². The molecule has 2 aliphatic carbocycles. The molecule has 2 aliphatic rings. The number of hydrogen-bond acceptors (Lipinski definition) is 2. The van der Waals surface area contributed by atoms with Crippen LogP contribution in [0.3, 0.4) is 0 Å². The Bertz CT molecular complexity index is 590. The van der Waals surface area contributed by atoms with E-state index in [0.29, 0.717) is 6.04 Å². The van der Waals surface area contributed by atoms with Crippen LogP contribution in [-0.4, -0.2) is 36.3 Å². The molecule has 23 heavy (non-hydrogen) atoms. The number of nitrogens with zero attached hydrogens (tertiary/aromatic N) is 1. The number of hydrogen-bond donors (Lipinski definition) is 1. The van der Waals surface area contributed by atoms with Gasteiger partial charge in [-0.25, -0.2) is 4.39 Å². The first-order valence-corrected chi connectivity index (χ1v) is 8.32. The van der Waals surface area contributed by atoms with Crippen LogP contribution in [0.5, 0.6) is 0 Å². The molecule has 0 aromatic heterocycles. The highest BCUT2D eigenvalue weighted by atomic mass is 19.1. The molecular formula is C18H23FN2O2. The fourth-order valence-corrected chi connectivity index (χ4v) is 3.53. The third kappa shape index (κ3) is 3.38. The Morgan fingerprint density at radius 1 is 1.22 bits per heavy atom. The average Bonchev–Trinajstić information content (AvgIpc) is 3.19. The molecule has 0 aliphatic heterocycles. The van der Waals surface area contributed by atoms with Gasteiger partial charge in [0.05, 0.1) is 12.0 Å². The van der Waals surface area contributed by atoms with E-state index in [4.69, 9.17) is 0 Å². The quantitative estimate of drug-likeness (QED) is 0.906. The Morgan fingerprint density at radius 2 is 1.83 bits per heavy atom. The van der Waals surface area contributed by atoms with Gasteiger partial charge in [0.25, 0.3) is 0 Å². The van der Waals surface area contributed by atoms with Crippen LogP contribution in [0.1, 0.15) is 44.1 Å². The largest absolute Gasteiger partial charge is 0.352 e. The van der Waals surface area contributed by atoms with Gasteiger partial charge in [-0.3, -0.25) is 9.59 Å². The highest BCUT2D eigenvalue weighted by Gasteiger charge is 2.44. The average molecular weight is 318 g/mol. The van der Waals surface area contributed by atoms with Crippen molar-refractivity contribution in [2.24, 2.45) is 0 Å². The lowest BCUT2D eigenvalue weighted by atomic mass is 9.77. The van der Waals surface area contributed by atoms with Gasteiger partial charge in [-0.1, -0.05) is 25.0 Å². The zero-order valence-electron chi connectivity index (χ0n) is 13.5. The molecule has 2 fully saturated rings. The molecule has 1 aromatic rings. The van der Waals surface area contributed by atoms with E-state index in [0.717, 1.165) is 44.1 Å². The second-order valence-corrected chi connectivity index (χ2v) is 6.80. The lowest BCUT2D eigenvalue weighted by Gasteiger charge is -2.32. The SMILES string of the molecule is CN(CC(=O)NC1CC1)C(=O)C1(c2ccc(F)cc2)CCCC1. The Hall–Kier alpha value is -1.91. The molecule has 0 spiro atoms. The first-order chi connectivity index (χ1) is 11.0. The van der Waals surface area contributed by atoms with Gasteiger partial charge in [0.1, 0.15) is 5.82 Å². The molecule has 0 bridgehead atoms. The maximum atomic E-state index is 13.2. The summed E-state index contributed by atoms with van der Waals surface area (Å²) in [6.45, 7) is 0.0816. The summed E-state index contributed by atoms with van der Waals surface area (Å²) in [5, 5.41) is 2.91. The maximum Gasteiger partial charge on any atom is 0.239 e. The summed E-state index contributed by atoms with van der Waals surface area (Å²) in [6, 6.07) is 6.52. The fraction of sp³-hybridized carbons (Fsp3) is 0.556. The number of benzene rings is 1. The van der Waals surface area contributed by atoms with Crippen molar-refractivity contribution in [2.45, 2.75) is 50.0 Å². The fourth-order valence-electron chi connectivity index (χ4n) is 3.53. The lowest BCUT2D eigenvalue weighted by Crippen LogP contribution is -2.47. The maximum absolute atomic E-state index is 13.2. The highest BCUT2D eigenvalue weighted by Crippen LogP contribution is 2.42. The first kappa shape index (κ1) is 16.0. The van der Waals surface area contributed by atoms with Crippen molar-refractivity contribution in [3.63, 3.8) is 0 Å². The van der Waals surface area contributed by atoms with Gasteiger partial charge in [-0.2, -0.15) is 0 Å². The summed E-state index contributed by atoms with van der Waals surface area (Å²) < 4.78 is 13.2. The number of rotatable bonds is 5. The van der Waals surface area contributed by atoms with Gasteiger partial charge in [0.2, 0.25) is 11.8 Å². The van der Waals surface area contributed by atoms with Crippen molar-refractivity contribution < 1.29 is 14.0 Å². The van der Waals surface area contributed by atoms with E-state index >= 15 is 0 Å². The molecule has 0 saturated heterocycles. The van der Waals surface area contributed by atoms with E-state index in [1.54, 1.807) is 19.2 Å². The zero-order chi connectivity index (χ0) is 16.4. The molecule has 0 atom stereocenters. The van der Waals surface area contributed by atoms with E-state index in [1.165, 1.54) is 17.0 Å². The van der Waals surface area contributed by atoms with Gasteiger partial charge in [-0.15, -0.1) is 0 Å². The van der Waals surface area contributed by atoms with Crippen LogP contribution in [0, 0.1) is 5.82 Å².